The van der Waals surface area contributed by atoms with E-state index in [1.807, 2.05) is 30.1 Å². The molecule has 9 heteroatoms. The minimum atomic E-state index is -3.86. The van der Waals surface area contributed by atoms with Gasteiger partial charge in [-0.2, -0.15) is 0 Å². The molecule has 0 radical (unpaired) electrons. The second-order valence-electron chi connectivity index (χ2n) is 7.26. The first-order valence-electron chi connectivity index (χ1n) is 9.83. The first kappa shape index (κ1) is 23.0. The van der Waals surface area contributed by atoms with E-state index in [1.54, 1.807) is 48.5 Å². The zero-order valence-corrected chi connectivity index (χ0v) is 18.4. The van der Waals surface area contributed by atoms with Crippen LogP contribution < -0.4 is 21.1 Å². The van der Waals surface area contributed by atoms with Crippen molar-refractivity contribution < 1.29 is 13.2 Å². The van der Waals surface area contributed by atoms with Crippen molar-refractivity contribution in [2.24, 2.45) is 10.9 Å². The van der Waals surface area contributed by atoms with Crippen LogP contribution in [0.15, 0.2) is 77.7 Å². The average molecular weight is 452 g/mol. The fourth-order valence-electron chi connectivity index (χ4n) is 3.23. The predicted molar refractivity (Wildman–Crippen MR) is 126 cm³/mol. The molecular weight excluding hydrogens is 426 g/mol. The molecule has 0 unspecified atom stereocenters. The molecule has 0 aliphatic rings. The quantitative estimate of drug-likeness (QED) is 0.307. The molecule has 0 spiro atoms. The molecule has 166 valence electrons. The highest BCUT2D eigenvalue weighted by molar-refractivity contribution is 7.89. The van der Waals surface area contributed by atoms with Gasteiger partial charge in [0, 0.05) is 42.5 Å². The monoisotopic (exact) mass is 451 g/mol. The summed E-state index contributed by atoms with van der Waals surface area (Å²) < 4.78 is 23.6. The number of primary sulfonamides is 1. The summed E-state index contributed by atoms with van der Waals surface area (Å²) >= 11 is 0. The molecule has 3 rings (SSSR count). The summed E-state index contributed by atoms with van der Waals surface area (Å²) in [5.74, 6) is -0.231. The van der Waals surface area contributed by atoms with Crippen molar-refractivity contribution in [1.29, 1.82) is 5.41 Å². The molecule has 0 aliphatic heterocycles. The molecule has 0 fully saturated rings. The van der Waals surface area contributed by atoms with Crippen LogP contribution >= 0.6 is 0 Å². The molecular formula is C23H25N5O3S. The van der Waals surface area contributed by atoms with Crippen LogP contribution in [-0.4, -0.2) is 40.3 Å². The highest BCUT2D eigenvalue weighted by atomic mass is 32.2. The number of nitrogens with one attached hydrogen (secondary N) is 2. The number of rotatable bonds is 8. The lowest BCUT2D eigenvalue weighted by Crippen LogP contribution is -2.33. The van der Waals surface area contributed by atoms with Crippen LogP contribution in [0.1, 0.15) is 15.9 Å². The van der Waals surface area contributed by atoms with Crippen LogP contribution in [0.3, 0.4) is 0 Å². The number of nitrogens with zero attached hydrogens (tertiary/aromatic N) is 1. The van der Waals surface area contributed by atoms with E-state index in [4.69, 9.17) is 16.3 Å². The molecule has 0 saturated carbocycles. The first-order valence-corrected chi connectivity index (χ1v) is 11.4. The molecule has 1 amide bonds. The second-order valence-corrected chi connectivity index (χ2v) is 8.79. The number of likely N-dealkylation sites (N-methyl/N-ethyl adjacent to an activating group) is 1. The van der Waals surface area contributed by atoms with Crippen molar-refractivity contribution in [2.45, 2.75) is 4.90 Å². The van der Waals surface area contributed by atoms with Crippen molar-refractivity contribution in [3.63, 3.8) is 0 Å². The van der Waals surface area contributed by atoms with Gasteiger partial charge in [-0.05, 0) is 35.9 Å². The van der Waals surface area contributed by atoms with Gasteiger partial charge in [0.25, 0.3) is 5.91 Å². The number of anilines is 1. The lowest BCUT2D eigenvalue weighted by molar-refractivity contribution is 0.0954. The summed E-state index contributed by atoms with van der Waals surface area (Å²) in [5.41, 5.74) is 8.66. The topological polar surface area (TPSA) is 142 Å². The number of benzene rings is 3. The van der Waals surface area contributed by atoms with E-state index in [-0.39, 0.29) is 16.6 Å². The van der Waals surface area contributed by atoms with E-state index in [2.05, 4.69) is 5.32 Å². The SMILES string of the molecule is CN(CCNC(=O)c1ccc(-c2ccccc2S(N)(=O)=O)cc1)c1cccc(C(=N)N)c1. The normalized spacial score (nSPS) is 11.1. The Bertz CT molecular complexity index is 1240. The molecule has 3 aromatic carbocycles. The maximum atomic E-state index is 12.5. The summed E-state index contributed by atoms with van der Waals surface area (Å²) in [5, 5.41) is 15.7. The fraction of sp³-hybridized carbons (Fsp3) is 0.130. The van der Waals surface area contributed by atoms with Crippen LogP contribution in [0.25, 0.3) is 11.1 Å². The first-order chi connectivity index (χ1) is 15.2. The number of amides is 1. The summed E-state index contributed by atoms with van der Waals surface area (Å²) in [4.78, 5) is 14.5. The van der Waals surface area contributed by atoms with E-state index in [0.717, 1.165) is 5.69 Å². The van der Waals surface area contributed by atoms with E-state index in [1.165, 1.54) is 6.07 Å². The van der Waals surface area contributed by atoms with E-state index in [9.17, 15) is 13.2 Å². The maximum absolute atomic E-state index is 12.5. The summed E-state index contributed by atoms with van der Waals surface area (Å²) in [7, 11) is -1.97. The Morgan fingerprint density at radius 1 is 1.00 bits per heavy atom. The standard InChI is InChI=1S/C23H25N5O3S/c1-28(19-6-4-5-18(15-19)22(24)25)14-13-27-23(29)17-11-9-16(10-12-17)20-7-2-3-8-21(20)32(26,30)31/h2-12,15H,13-14H2,1H3,(H3,24,25)(H,27,29)(H2,26,30,31). The van der Waals surface area contributed by atoms with Crippen LogP contribution in [0.2, 0.25) is 0 Å². The Kier molecular flexibility index (Phi) is 6.92. The Hall–Kier alpha value is -3.69. The van der Waals surface area contributed by atoms with Crippen LogP contribution in [0, 0.1) is 5.41 Å². The number of nitrogens with two attached hydrogens (primary N) is 2. The van der Waals surface area contributed by atoms with Gasteiger partial charge in [0.05, 0.1) is 4.90 Å². The lowest BCUT2D eigenvalue weighted by atomic mass is 10.0. The van der Waals surface area contributed by atoms with Crippen molar-refractivity contribution in [2.75, 3.05) is 25.0 Å². The van der Waals surface area contributed by atoms with Crippen molar-refractivity contribution in [1.82, 2.24) is 5.32 Å². The van der Waals surface area contributed by atoms with Crippen LogP contribution in [0.4, 0.5) is 5.69 Å². The number of sulfonamides is 1. The third-order valence-electron chi connectivity index (χ3n) is 4.98. The molecule has 0 aliphatic carbocycles. The minimum Gasteiger partial charge on any atom is -0.384 e. The number of carbonyl (C=O) groups excluding carboxylic acids is 1. The number of hydrogen-bond acceptors (Lipinski definition) is 5. The number of amidine groups is 1. The summed E-state index contributed by atoms with van der Waals surface area (Å²) in [6, 6.07) is 20.5. The molecule has 32 heavy (non-hydrogen) atoms. The zero-order chi connectivity index (χ0) is 23.3. The number of hydrogen-bond donors (Lipinski definition) is 4. The predicted octanol–water partition coefficient (Wildman–Crippen LogP) is 2.15. The Morgan fingerprint density at radius 3 is 2.34 bits per heavy atom. The summed E-state index contributed by atoms with van der Waals surface area (Å²) in [6.07, 6.45) is 0. The highest BCUT2D eigenvalue weighted by Crippen LogP contribution is 2.26. The molecule has 0 atom stereocenters. The van der Waals surface area contributed by atoms with Crippen molar-refractivity contribution in [3.8, 4) is 11.1 Å². The minimum absolute atomic E-state index is 0.00341. The molecule has 0 saturated heterocycles. The Morgan fingerprint density at radius 2 is 1.69 bits per heavy atom. The number of nitrogen functional groups attached to an aromatic ring is 1. The number of carbonyl (C=O) groups is 1. The maximum Gasteiger partial charge on any atom is 0.251 e. The van der Waals surface area contributed by atoms with Gasteiger partial charge in [-0.25, -0.2) is 13.6 Å². The average Bonchev–Trinajstić information content (AvgIpc) is 2.78. The Balaban J connectivity index is 1.63. The van der Waals surface area contributed by atoms with Gasteiger partial charge in [-0.1, -0.05) is 42.5 Å². The molecule has 0 heterocycles. The van der Waals surface area contributed by atoms with Gasteiger partial charge >= 0.3 is 0 Å². The smallest absolute Gasteiger partial charge is 0.251 e. The van der Waals surface area contributed by atoms with Gasteiger partial charge in [0.1, 0.15) is 5.84 Å². The van der Waals surface area contributed by atoms with Crippen molar-refractivity contribution in [3.05, 3.63) is 83.9 Å². The van der Waals surface area contributed by atoms with Crippen LogP contribution in [-0.2, 0) is 10.0 Å². The lowest BCUT2D eigenvalue weighted by Gasteiger charge is -2.20. The molecule has 8 nitrogen and oxygen atoms in total. The highest BCUT2D eigenvalue weighted by Gasteiger charge is 2.15. The van der Waals surface area contributed by atoms with Gasteiger partial charge in [0.15, 0.2) is 0 Å². The molecule has 0 bridgehead atoms. The third-order valence-corrected chi connectivity index (χ3v) is 5.95. The van der Waals surface area contributed by atoms with Gasteiger partial charge in [0.2, 0.25) is 10.0 Å². The molecule has 0 aromatic heterocycles. The van der Waals surface area contributed by atoms with E-state index in [0.29, 0.717) is 35.3 Å². The van der Waals surface area contributed by atoms with E-state index < -0.39 is 10.0 Å². The zero-order valence-electron chi connectivity index (χ0n) is 17.6. The van der Waals surface area contributed by atoms with Gasteiger partial charge in [-0.15, -0.1) is 0 Å². The van der Waals surface area contributed by atoms with Crippen molar-refractivity contribution >= 4 is 27.5 Å². The van der Waals surface area contributed by atoms with Gasteiger partial charge in [-0.3, -0.25) is 10.2 Å². The van der Waals surface area contributed by atoms with E-state index >= 15 is 0 Å². The van der Waals surface area contributed by atoms with Crippen LogP contribution in [0.5, 0.6) is 0 Å². The largest absolute Gasteiger partial charge is 0.384 e. The Labute approximate surface area is 187 Å². The van der Waals surface area contributed by atoms with Gasteiger partial charge < -0.3 is 16.0 Å². The second kappa shape index (κ2) is 9.63. The molecule has 3 aromatic rings. The summed E-state index contributed by atoms with van der Waals surface area (Å²) in [6.45, 7) is 0.975. The fourth-order valence-corrected chi connectivity index (χ4v) is 3.99. The third kappa shape index (κ3) is 5.51. The molecule has 6 N–H and O–H groups in total.